The van der Waals surface area contributed by atoms with E-state index in [2.05, 4.69) is 12.0 Å². The molecule has 82 valence electrons. The smallest absolute Gasteiger partial charge is 0.303 e. The number of nitrogens with zero attached hydrogens (tertiary/aromatic N) is 2. The van der Waals surface area contributed by atoms with E-state index in [1.807, 2.05) is 11.7 Å². The van der Waals surface area contributed by atoms with Crippen LogP contribution < -0.4 is 0 Å². The Bertz CT molecular complexity index is 396. The average molecular weight is 208 g/mol. The fourth-order valence-electron chi connectivity index (χ4n) is 2.34. The maximum absolute atomic E-state index is 10.6. The molecule has 4 nitrogen and oxygen atoms in total. The van der Waals surface area contributed by atoms with E-state index in [1.165, 1.54) is 11.3 Å². The van der Waals surface area contributed by atoms with E-state index in [4.69, 9.17) is 5.11 Å². The zero-order chi connectivity index (χ0) is 11.0. The lowest BCUT2D eigenvalue weighted by atomic mass is 9.84. The van der Waals surface area contributed by atoms with E-state index in [1.54, 1.807) is 0 Å². The molecule has 1 N–H and O–H groups in total. The summed E-state index contributed by atoms with van der Waals surface area (Å²) in [4.78, 5) is 10.6. The molecule has 1 atom stereocenters. The van der Waals surface area contributed by atoms with Crippen molar-refractivity contribution < 1.29 is 9.90 Å². The van der Waals surface area contributed by atoms with Crippen LogP contribution in [0.4, 0.5) is 0 Å². The molecule has 1 aromatic heterocycles. The Balaban J connectivity index is 2.18. The van der Waals surface area contributed by atoms with Crippen LogP contribution in [0.3, 0.4) is 0 Å². The third-order valence-electron chi connectivity index (χ3n) is 3.29. The molecule has 1 aliphatic rings. The largest absolute Gasteiger partial charge is 0.481 e. The number of carboxylic acid groups (broad SMARTS) is 1. The van der Waals surface area contributed by atoms with Gasteiger partial charge in [-0.3, -0.25) is 9.48 Å². The first-order chi connectivity index (χ1) is 7.08. The first-order valence-electron chi connectivity index (χ1n) is 5.31. The molecule has 2 rings (SSSR count). The number of hydrogen-bond donors (Lipinski definition) is 1. The van der Waals surface area contributed by atoms with E-state index in [0.717, 1.165) is 25.0 Å². The summed E-state index contributed by atoms with van der Waals surface area (Å²) in [5.41, 5.74) is 3.62. The van der Waals surface area contributed by atoms with Gasteiger partial charge in [0.25, 0.3) is 0 Å². The molecule has 1 heterocycles. The molecule has 0 radical (unpaired) electrons. The quantitative estimate of drug-likeness (QED) is 0.797. The first kappa shape index (κ1) is 10.2. The number of aryl methyl sites for hydroxylation is 2. The van der Waals surface area contributed by atoms with Crippen molar-refractivity contribution in [1.82, 2.24) is 9.78 Å². The Hall–Kier alpha value is -1.32. The number of rotatable bonds is 2. The second-order valence-electron chi connectivity index (χ2n) is 4.34. The van der Waals surface area contributed by atoms with Crippen molar-refractivity contribution in [1.29, 1.82) is 0 Å². The Kier molecular flexibility index (Phi) is 2.50. The van der Waals surface area contributed by atoms with Crippen molar-refractivity contribution in [3.63, 3.8) is 0 Å². The summed E-state index contributed by atoms with van der Waals surface area (Å²) < 4.78 is 1.90. The molecule has 0 bridgehead atoms. The molecule has 1 aliphatic carbocycles. The minimum Gasteiger partial charge on any atom is -0.481 e. The molecule has 1 unspecified atom stereocenters. The number of carboxylic acids is 1. The molecule has 0 aliphatic heterocycles. The highest BCUT2D eigenvalue weighted by atomic mass is 16.4. The van der Waals surface area contributed by atoms with Crippen LogP contribution in [0.2, 0.25) is 0 Å². The number of fused-ring (bicyclic) bond motifs is 1. The van der Waals surface area contributed by atoms with Gasteiger partial charge < -0.3 is 5.11 Å². The van der Waals surface area contributed by atoms with Crippen molar-refractivity contribution in [3.05, 3.63) is 17.0 Å². The summed E-state index contributed by atoms with van der Waals surface area (Å²) in [7, 11) is 1.94. The van der Waals surface area contributed by atoms with E-state index in [9.17, 15) is 4.79 Å². The van der Waals surface area contributed by atoms with Crippen molar-refractivity contribution in [2.75, 3.05) is 0 Å². The standard InChI is InChI=1S/C11H16N2O2/c1-7-9-5-8(6-11(14)15)3-4-10(9)12-13(7)2/h8H,3-6H2,1-2H3,(H,14,15). The van der Waals surface area contributed by atoms with Gasteiger partial charge in [0.15, 0.2) is 0 Å². The molecule has 4 heteroatoms. The van der Waals surface area contributed by atoms with Gasteiger partial charge in [-0.25, -0.2) is 0 Å². The lowest BCUT2D eigenvalue weighted by molar-refractivity contribution is -0.138. The van der Waals surface area contributed by atoms with Gasteiger partial charge in [-0.05, 0) is 37.7 Å². The van der Waals surface area contributed by atoms with Gasteiger partial charge in [0.05, 0.1) is 5.69 Å². The molecule has 0 saturated carbocycles. The highest BCUT2D eigenvalue weighted by Crippen LogP contribution is 2.28. The molecule has 15 heavy (non-hydrogen) atoms. The Morgan fingerprint density at radius 2 is 2.40 bits per heavy atom. The van der Waals surface area contributed by atoms with Gasteiger partial charge in [-0.15, -0.1) is 0 Å². The van der Waals surface area contributed by atoms with Gasteiger partial charge >= 0.3 is 5.97 Å². The molecule has 0 spiro atoms. The van der Waals surface area contributed by atoms with Crippen molar-refractivity contribution in [2.24, 2.45) is 13.0 Å². The summed E-state index contributed by atoms with van der Waals surface area (Å²) in [5.74, 6) is -0.400. The van der Waals surface area contributed by atoms with Crippen LogP contribution in [0.15, 0.2) is 0 Å². The predicted molar refractivity (Wildman–Crippen MR) is 55.7 cm³/mol. The topological polar surface area (TPSA) is 55.1 Å². The zero-order valence-electron chi connectivity index (χ0n) is 9.16. The molecule has 0 fully saturated rings. The number of carbonyl (C=O) groups is 1. The van der Waals surface area contributed by atoms with E-state index in [0.29, 0.717) is 0 Å². The summed E-state index contributed by atoms with van der Waals surface area (Å²) in [5, 5.41) is 13.2. The molecule has 1 aromatic rings. The Morgan fingerprint density at radius 3 is 3.07 bits per heavy atom. The average Bonchev–Trinajstić information content (AvgIpc) is 2.43. The van der Waals surface area contributed by atoms with Crippen LogP contribution in [-0.2, 0) is 24.7 Å². The third kappa shape index (κ3) is 1.89. The van der Waals surface area contributed by atoms with E-state index in [-0.39, 0.29) is 12.3 Å². The minimum atomic E-state index is -0.690. The van der Waals surface area contributed by atoms with Gasteiger partial charge in [0.1, 0.15) is 0 Å². The second-order valence-corrected chi connectivity index (χ2v) is 4.34. The van der Waals surface area contributed by atoms with Crippen LogP contribution in [0.25, 0.3) is 0 Å². The summed E-state index contributed by atoms with van der Waals surface area (Å²) in [6.45, 7) is 2.05. The predicted octanol–water partition coefficient (Wildman–Crippen LogP) is 1.31. The minimum absolute atomic E-state index is 0.285. The van der Waals surface area contributed by atoms with Crippen molar-refractivity contribution in [3.8, 4) is 0 Å². The van der Waals surface area contributed by atoms with E-state index >= 15 is 0 Å². The normalized spacial score (nSPS) is 20.0. The Labute approximate surface area is 88.9 Å². The molecular weight excluding hydrogens is 192 g/mol. The summed E-state index contributed by atoms with van der Waals surface area (Å²) in [6, 6.07) is 0. The Morgan fingerprint density at radius 1 is 1.67 bits per heavy atom. The second kappa shape index (κ2) is 3.68. The fraction of sp³-hybridized carbons (Fsp3) is 0.636. The van der Waals surface area contributed by atoms with Gasteiger partial charge in [-0.1, -0.05) is 0 Å². The number of aliphatic carboxylic acids is 1. The van der Waals surface area contributed by atoms with Gasteiger partial charge in [0.2, 0.25) is 0 Å². The maximum atomic E-state index is 10.6. The molecule has 0 saturated heterocycles. The van der Waals surface area contributed by atoms with Crippen LogP contribution in [0.1, 0.15) is 29.8 Å². The molecule has 0 aromatic carbocycles. The fourth-order valence-corrected chi connectivity index (χ4v) is 2.34. The first-order valence-corrected chi connectivity index (χ1v) is 5.31. The zero-order valence-corrected chi connectivity index (χ0v) is 9.16. The van der Waals surface area contributed by atoms with Crippen molar-refractivity contribution in [2.45, 2.75) is 32.6 Å². The van der Waals surface area contributed by atoms with Crippen LogP contribution >= 0.6 is 0 Å². The summed E-state index contributed by atoms with van der Waals surface area (Å²) in [6.07, 6.45) is 3.04. The lowest BCUT2D eigenvalue weighted by Gasteiger charge is -2.19. The van der Waals surface area contributed by atoms with Crippen LogP contribution in [0, 0.1) is 12.8 Å². The van der Waals surface area contributed by atoms with Crippen LogP contribution in [0.5, 0.6) is 0 Å². The maximum Gasteiger partial charge on any atom is 0.303 e. The lowest BCUT2D eigenvalue weighted by Crippen LogP contribution is -2.17. The monoisotopic (exact) mass is 208 g/mol. The number of hydrogen-bond acceptors (Lipinski definition) is 2. The number of aromatic nitrogens is 2. The highest BCUT2D eigenvalue weighted by Gasteiger charge is 2.24. The van der Waals surface area contributed by atoms with Crippen molar-refractivity contribution >= 4 is 5.97 Å². The van der Waals surface area contributed by atoms with Gasteiger partial charge in [0, 0.05) is 19.2 Å². The summed E-state index contributed by atoms with van der Waals surface area (Å²) >= 11 is 0. The highest BCUT2D eigenvalue weighted by molar-refractivity contribution is 5.67. The van der Waals surface area contributed by atoms with Gasteiger partial charge in [-0.2, -0.15) is 5.10 Å². The third-order valence-corrected chi connectivity index (χ3v) is 3.29. The van der Waals surface area contributed by atoms with Crippen LogP contribution in [-0.4, -0.2) is 20.9 Å². The van der Waals surface area contributed by atoms with E-state index < -0.39 is 5.97 Å². The molecular formula is C11H16N2O2. The SMILES string of the molecule is Cc1c2c(nn1C)CCC(CC(=O)O)C2. The molecule has 0 amide bonds.